The number of H-pyrrole nitrogens is 1. The van der Waals surface area contributed by atoms with Gasteiger partial charge in [-0.05, 0) is 31.2 Å². The van der Waals surface area contributed by atoms with Gasteiger partial charge in [-0.25, -0.2) is 4.98 Å². The Bertz CT molecular complexity index is 761. The Morgan fingerprint density at radius 1 is 1.19 bits per heavy atom. The van der Waals surface area contributed by atoms with Gasteiger partial charge in [0.2, 0.25) is 0 Å². The number of rotatable bonds is 3. The lowest BCUT2D eigenvalue weighted by atomic mass is 10.1. The van der Waals surface area contributed by atoms with Crippen LogP contribution in [-0.2, 0) is 0 Å². The molecular weight excluding hydrogens is 264 g/mol. The molecule has 0 bridgehead atoms. The molecule has 1 aromatic heterocycles. The molecule has 3 aromatic rings. The first kappa shape index (κ1) is 13.2. The summed E-state index contributed by atoms with van der Waals surface area (Å²) in [7, 11) is 0. The molecule has 5 heteroatoms. The van der Waals surface area contributed by atoms with Crippen LogP contribution in [0, 0.1) is 0 Å². The van der Waals surface area contributed by atoms with E-state index in [1.165, 1.54) is 0 Å². The number of amides is 1. The Balaban J connectivity index is 1.81. The molecule has 5 nitrogen and oxygen atoms in total. The molecule has 1 atom stereocenters. The van der Waals surface area contributed by atoms with Crippen molar-refractivity contribution >= 4 is 22.6 Å². The normalized spacial score (nSPS) is 12.2. The SMILES string of the molecule is CC(NC(=O)c1ccccc1N)c1nc2ccccc2[nH]1. The zero-order chi connectivity index (χ0) is 14.8. The predicted octanol–water partition coefficient (Wildman–Crippen LogP) is 2.64. The van der Waals surface area contributed by atoms with Gasteiger partial charge >= 0.3 is 0 Å². The summed E-state index contributed by atoms with van der Waals surface area (Å²) in [5.41, 5.74) is 8.58. The number of carbonyl (C=O) groups is 1. The van der Waals surface area contributed by atoms with Crippen molar-refractivity contribution in [3.63, 3.8) is 0 Å². The van der Waals surface area contributed by atoms with E-state index in [-0.39, 0.29) is 11.9 Å². The number of hydrogen-bond acceptors (Lipinski definition) is 3. The van der Waals surface area contributed by atoms with Crippen LogP contribution in [0.5, 0.6) is 0 Å². The Labute approximate surface area is 122 Å². The summed E-state index contributed by atoms with van der Waals surface area (Å²) in [6, 6.07) is 14.5. The molecule has 0 saturated carbocycles. The van der Waals surface area contributed by atoms with Gasteiger partial charge in [0.15, 0.2) is 0 Å². The molecule has 0 aliphatic carbocycles. The van der Waals surface area contributed by atoms with Crippen LogP contribution >= 0.6 is 0 Å². The molecule has 0 aliphatic heterocycles. The molecule has 1 heterocycles. The van der Waals surface area contributed by atoms with Crippen LogP contribution in [0.3, 0.4) is 0 Å². The second-order valence-electron chi connectivity index (χ2n) is 4.92. The van der Waals surface area contributed by atoms with Gasteiger partial charge < -0.3 is 16.0 Å². The van der Waals surface area contributed by atoms with Crippen molar-refractivity contribution in [2.45, 2.75) is 13.0 Å². The minimum atomic E-state index is -0.232. The first-order chi connectivity index (χ1) is 10.1. The number of benzene rings is 2. The predicted molar refractivity (Wildman–Crippen MR) is 82.8 cm³/mol. The number of nitrogens with one attached hydrogen (secondary N) is 2. The number of nitrogens with two attached hydrogens (primary N) is 1. The molecule has 21 heavy (non-hydrogen) atoms. The van der Waals surface area contributed by atoms with Crippen molar-refractivity contribution in [3.8, 4) is 0 Å². The standard InChI is InChI=1S/C16H16N4O/c1-10(15-19-13-8-4-5-9-14(13)20-15)18-16(21)11-6-2-3-7-12(11)17/h2-10H,17H2,1H3,(H,18,21)(H,19,20). The van der Waals surface area contributed by atoms with Gasteiger partial charge in [0.25, 0.3) is 5.91 Å². The van der Waals surface area contributed by atoms with Crippen LogP contribution in [-0.4, -0.2) is 15.9 Å². The third-order valence-electron chi connectivity index (χ3n) is 3.37. The number of anilines is 1. The molecule has 2 aromatic carbocycles. The third-order valence-corrected chi connectivity index (χ3v) is 3.37. The van der Waals surface area contributed by atoms with Gasteiger partial charge in [-0.15, -0.1) is 0 Å². The minimum absolute atomic E-state index is 0.207. The lowest BCUT2D eigenvalue weighted by Crippen LogP contribution is -2.28. The summed E-state index contributed by atoms with van der Waals surface area (Å²) in [4.78, 5) is 19.9. The highest BCUT2D eigenvalue weighted by Gasteiger charge is 2.16. The number of aromatic nitrogens is 2. The quantitative estimate of drug-likeness (QED) is 0.645. The molecule has 0 aliphatic rings. The first-order valence-corrected chi connectivity index (χ1v) is 6.75. The maximum Gasteiger partial charge on any atom is 0.253 e. The van der Waals surface area contributed by atoms with Crippen LogP contribution in [0.15, 0.2) is 48.5 Å². The molecule has 3 rings (SSSR count). The number of nitrogens with zero attached hydrogens (tertiary/aromatic N) is 1. The van der Waals surface area contributed by atoms with Gasteiger partial charge in [0.05, 0.1) is 22.6 Å². The monoisotopic (exact) mass is 280 g/mol. The van der Waals surface area contributed by atoms with Crippen LogP contribution in [0.4, 0.5) is 5.69 Å². The van der Waals surface area contributed by atoms with Crippen molar-refractivity contribution in [2.24, 2.45) is 0 Å². The summed E-state index contributed by atoms with van der Waals surface area (Å²) in [5.74, 6) is 0.514. The fourth-order valence-corrected chi connectivity index (χ4v) is 2.22. The minimum Gasteiger partial charge on any atom is -0.398 e. The Morgan fingerprint density at radius 3 is 2.67 bits per heavy atom. The van der Waals surface area contributed by atoms with E-state index in [9.17, 15) is 4.79 Å². The summed E-state index contributed by atoms with van der Waals surface area (Å²) >= 11 is 0. The highest BCUT2D eigenvalue weighted by atomic mass is 16.1. The number of aromatic amines is 1. The molecule has 1 amide bonds. The van der Waals surface area contributed by atoms with E-state index in [2.05, 4.69) is 15.3 Å². The molecule has 1 unspecified atom stereocenters. The smallest absolute Gasteiger partial charge is 0.253 e. The van der Waals surface area contributed by atoms with Crippen molar-refractivity contribution in [1.29, 1.82) is 0 Å². The van der Waals surface area contributed by atoms with Gasteiger partial charge in [0, 0.05) is 5.69 Å². The average molecular weight is 280 g/mol. The number of para-hydroxylation sites is 3. The van der Waals surface area contributed by atoms with Crippen molar-refractivity contribution in [3.05, 3.63) is 59.9 Å². The highest BCUT2D eigenvalue weighted by Crippen LogP contribution is 2.17. The number of hydrogen-bond donors (Lipinski definition) is 3. The molecule has 106 valence electrons. The van der Waals surface area contributed by atoms with E-state index < -0.39 is 0 Å². The molecular formula is C16H16N4O. The lowest BCUT2D eigenvalue weighted by molar-refractivity contribution is 0.0939. The van der Waals surface area contributed by atoms with E-state index in [0.717, 1.165) is 16.9 Å². The van der Waals surface area contributed by atoms with E-state index in [1.807, 2.05) is 31.2 Å². The van der Waals surface area contributed by atoms with Crippen molar-refractivity contribution in [2.75, 3.05) is 5.73 Å². The summed E-state index contributed by atoms with van der Waals surface area (Å²) < 4.78 is 0. The maximum absolute atomic E-state index is 12.2. The van der Waals surface area contributed by atoms with Crippen LogP contribution in [0.25, 0.3) is 11.0 Å². The van der Waals surface area contributed by atoms with E-state index in [0.29, 0.717) is 11.3 Å². The molecule has 0 fully saturated rings. The van der Waals surface area contributed by atoms with Gasteiger partial charge in [-0.2, -0.15) is 0 Å². The zero-order valence-electron chi connectivity index (χ0n) is 11.6. The van der Waals surface area contributed by atoms with Crippen LogP contribution in [0.1, 0.15) is 29.1 Å². The van der Waals surface area contributed by atoms with Crippen molar-refractivity contribution < 1.29 is 4.79 Å². The van der Waals surface area contributed by atoms with Crippen LogP contribution in [0.2, 0.25) is 0 Å². The second-order valence-corrected chi connectivity index (χ2v) is 4.92. The van der Waals surface area contributed by atoms with Gasteiger partial charge in [0.1, 0.15) is 5.82 Å². The summed E-state index contributed by atoms with van der Waals surface area (Å²) in [6.07, 6.45) is 0. The van der Waals surface area contributed by atoms with Gasteiger partial charge in [-0.3, -0.25) is 4.79 Å². The summed E-state index contributed by atoms with van der Waals surface area (Å²) in [5, 5.41) is 2.90. The topological polar surface area (TPSA) is 83.8 Å². The molecule has 0 saturated heterocycles. The molecule has 4 N–H and O–H groups in total. The zero-order valence-corrected chi connectivity index (χ0v) is 11.6. The van der Waals surface area contributed by atoms with Crippen molar-refractivity contribution in [1.82, 2.24) is 15.3 Å². The Hall–Kier alpha value is -2.82. The molecule has 0 spiro atoms. The highest BCUT2D eigenvalue weighted by molar-refractivity contribution is 5.99. The van der Waals surface area contributed by atoms with Gasteiger partial charge in [-0.1, -0.05) is 24.3 Å². The fourth-order valence-electron chi connectivity index (χ4n) is 2.22. The lowest BCUT2D eigenvalue weighted by Gasteiger charge is -2.12. The largest absolute Gasteiger partial charge is 0.398 e. The number of fused-ring (bicyclic) bond motifs is 1. The molecule has 0 radical (unpaired) electrons. The fraction of sp³-hybridized carbons (Fsp3) is 0.125. The number of carbonyl (C=O) groups excluding carboxylic acids is 1. The van der Waals surface area contributed by atoms with Crippen LogP contribution < -0.4 is 11.1 Å². The van der Waals surface area contributed by atoms with E-state index >= 15 is 0 Å². The Kier molecular flexibility index (Phi) is 3.31. The first-order valence-electron chi connectivity index (χ1n) is 6.75. The number of nitrogen functional groups attached to an aromatic ring is 1. The summed E-state index contributed by atoms with van der Waals surface area (Å²) in [6.45, 7) is 1.88. The van der Waals surface area contributed by atoms with E-state index in [1.54, 1.807) is 24.3 Å². The third kappa shape index (κ3) is 2.58. The Morgan fingerprint density at radius 2 is 1.90 bits per heavy atom. The number of imidazole rings is 1. The van der Waals surface area contributed by atoms with E-state index in [4.69, 9.17) is 5.73 Å². The average Bonchev–Trinajstić information content (AvgIpc) is 2.91. The second kappa shape index (κ2) is 5.28. The maximum atomic E-state index is 12.2.